The lowest BCUT2D eigenvalue weighted by Crippen LogP contribution is -2.46. The maximum atomic E-state index is 14.4. The molecule has 2 aliphatic rings. The molecule has 30 heavy (non-hydrogen) atoms. The number of Topliss-reactive ketones (excluding diaryl/α,β-unsaturated/α-hetero) is 1. The van der Waals surface area contributed by atoms with Gasteiger partial charge in [0.15, 0.2) is 5.78 Å². The van der Waals surface area contributed by atoms with Crippen molar-refractivity contribution in [1.82, 2.24) is 10.2 Å². The number of nitrogens with one attached hydrogen (secondary N) is 2. The Morgan fingerprint density at radius 3 is 2.70 bits per heavy atom. The number of carbonyl (C=O) groups is 4. The number of hydrogen-bond donors (Lipinski definition) is 2. The van der Waals surface area contributed by atoms with Gasteiger partial charge in [-0.25, -0.2) is 9.18 Å². The summed E-state index contributed by atoms with van der Waals surface area (Å²) < 4.78 is 14.4. The normalized spacial score (nSPS) is 20.1. The molecule has 0 aromatic heterocycles. The number of amides is 4. The van der Waals surface area contributed by atoms with Crippen molar-refractivity contribution in [3.8, 4) is 0 Å². The van der Waals surface area contributed by atoms with Crippen LogP contribution in [0.5, 0.6) is 0 Å². The van der Waals surface area contributed by atoms with E-state index < -0.39 is 35.6 Å². The Labute approximate surface area is 172 Å². The summed E-state index contributed by atoms with van der Waals surface area (Å²) >= 11 is 0. The van der Waals surface area contributed by atoms with Crippen LogP contribution in [-0.4, -0.2) is 35.1 Å². The van der Waals surface area contributed by atoms with Gasteiger partial charge in [-0.15, -0.1) is 0 Å². The lowest BCUT2D eigenvalue weighted by Gasteiger charge is -2.33. The van der Waals surface area contributed by atoms with Crippen molar-refractivity contribution in [3.63, 3.8) is 0 Å². The Morgan fingerprint density at radius 2 is 1.97 bits per heavy atom. The minimum absolute atomic E-state index is 0.212. The van der Waals surface area contributed by atoms with E-state index in [1.165, 1.54) is 19.1 Å². The first-order valence-electron chi connectivity index (χ1n) is 9.64. The van der Waals surface area contributed by atoms with Crippen LogP contribution in [0.1, 0.15) is 41.3 Å². The summed E-state index contributed by atoms with van der Waals surface area (Å²) in [4.78, 5) is 50.4. The van der Waals surface area contributed by atoms with Crippen molar-refractivity contribution in [2.24, 2.45) is 0 Å². The number of benzene rings is 2. The molecule has 1 heterocycles. The third-order valence-corrected chi connectivity index (χ3v) is 5.54. The molecule has 2 aromatic rings. The van der Waals surface area contributed by atoms with Gasteiger partial charge in [0.1, 0.15) is 11.4 Å². The number of imide groups is 1. The molecule has 1 fully saturated rings. The van der Waals surface area contributed by atoms with Crippen molar-refractivity contribution >= 4 is 29.3 Å². The van der Waals surface area contributed by atoms with E-state index in [0.717, 1.165) is 34.9 Å². The molecule has 1 atom stereocenters. The molecule has 0 bridgehead atoms. The minimum Gasteiger partial charge on any atom is -0.326 e. The van der Waals surface area contributed by atoms with E-state index in [-0.39, 0.29) is 17.2 Å². The Kier molecular flexibility index (Phi) is 4.85. The molecule has 8 heteroatoms. The van der Waals surface area contributed by atoms with Crippen LogP contribution in [0.25, 0.3) is 0 Å². The lowest BCUT2D eigenvalue weighted by atomic mass is 9.76. The fraction of sp³-hybridized carbons (Fsp3) is 0.273. The van der Waals surface area contributed by atoms with E-state index in [9.17, 15) is 23.6 Å². The topological polar surface area (TPSA) is 95.6 Å². The number of urea groups is 1. The predicted molar refractivity (Wildman–Crippen MR) is 106 cm³/mol. The van der Waals surface area contributed by atoms with Gasteiger partial charge in [0.05, 0.1) is 12.1 Å². The van der Waals surface area contributed by atoms with Gasteiger partial charge in [-0.2, -0.15) is 0 Å². The monoisotopic (exact) mass is 409 g/mol. The summed E-state index contributed by atoms with van der Waals surface area (Å²) in [6.45, 7) is 0.721. The number of anilines is 1. The first kappa shape index (κ1) is 19.8. The summed E-state index contributed by atoms with van der Waals surface area (Å²) in [7, 11) is 0. The second-order valence-electron chi connectivity index (χ2n) is 7.54. The lowest BCUT2D eigenvalue weighted by molar-refractivity contribution is -0.131. The number of nitrogens with zero attached hydrogens (tertiary/aromatic N) is 1. The van der Waals surface area contributed by atoms with Gasteiger partial charge < -0.3 is 10.6 Å². The number of aryl methyl sites for hydroxylation is 1. The van der Waals surface area contributed by atoms with Gasteiger partial charge in [0.2, 0.25) is 5.91 Å². The average Bonchev–Trinajstić information content (AvgIpc) is 2.92. The van der Waals surface area contributed by atoms with Gasteiger partial charge >= 0.3 is 6.03 Å². The van der Waals surface area contributed by atoms with Crippen LogP contribution in [0, 0.1) is 5.82 Å². The van der Waals surface area contributed by atoms with Crippen LogP contribution >= 0.6 is 0 Å². The maximum absolute atomic E-state index is 14.4. The van der Waals surface area contributed by atoms with E-state index in [4.69, 9.17) is 0 Å². The third kappa shape index (κ3) is 3.24. The molecule has 1 aliphatic carbocycles. The smallest absolute Gasteiger partial charge is 0.325 e. The van der Waals surface area contributed by atoms with Gasteiger partial charge in [0.25, 0.3) is 5.91 Å². The number of halogens is 1. The standard InChI is InChI=1S/C22H20FN3O4/c1-13(27)24-15-8-9-16(18(23)11-15)19(28)12-26-20(29)22(25-21(26)30)10-4-6-14-5-2-3-7-17(14)22/h2-3,5,7-9,11H,4,6,10,12H2,1H3,(H,24,27)(H,25,30)/t22-/m1/s1. The fourth-order valence-electron chi connectivity index (χ4n) is 4.21. The molecule has 2 N–H and O–H groups in total. The molecule has 154 valence electrons. The summed E-state index contributed by atoms with van der Waals surface area (Å²) in [5.74, 6) is -2.41. The van der Waals surface area contributed by atoms with Crippen LogP contribution in [0.3, 0.4) is 0 Å². The Hall–Kier alpha value is -3.55. The second-order valence-corrected chi connectivity index (χ2v) is 7.54. The Balaban J connectivity index is 1.58. The number of carbonyl (C=O) groups excluding carboxylic acids is 4. The zero-order valence-electron chi connectivity index (χ0n) is 16.3. The SMILES string of the molecule is CC(=O)Nc1ccc(C(=O)CN2C(=O)N[C@@]3(CCCc4ccccc43)C2=O)c(F)c1. The number of rotatable bonds is 4. The van der Waals surface area contributed by atoms with Crippen LogP contribution in [0.15, 0.2) is 42.5 Å². The van der Waals surface area contributed by atoms with Gasteiger partial charge in [0, 0.05) is 12.6 Å². The molecule has 0 unspecified atom stereocenters. The molecule has 4 rings (SSSR count). The van der Waals surface area contributed by atoms with E-state index in [2.05, 4.69) is 10.6 Å². The van der Waals surface area contributed by atoms with Gasteiger partial charge in [-0.3, -0.25) is 19.3 Å². The van der Waals surface area contributed by atoms with Gasteiger partial charge in [-0.05, 0) is 48.6 Å². The van der Waals surface area contributed by atoms with Crippen LogP contribution in [-0.2, 0) is 21.5 Å². The molecular weight excluding hydrogens is 389 g/mol. The number of ketones is 1. The van der Waals surface area contributed by atoms with E-state index in [1.54, 1.807) is 0 Å². The summed E-state index contributed by atoms with van der Waals surface area (Å²) in [5.41, 5.74) is 0.514. The van der Waals surface area contributed by atoms with E-state index in [1.807, 2.05) is 24.3 Å². The fourth-order valence-corrected chi connectivity index (χ4v) is 4.21. The van der Waals surface area contributed by atoms with Gasteiger partial charge in [-0.1, -0.05) is 24.3 Å². The largest absolute Gasteiger partial charge is 0.326 e. The summed E-state index contributed by atoms with van der Waals surface area (Å²) in [6, 6.07) is 10.4. The Morgan fingerprint density at radius 1 is 1.20 bits per heavy atom. The second kappa shape index (κ2) is 7.37. The highest BCUT2D eigenvalue weighted by Crippen LogP contribution is 2.39. The molecule has 1 aliphatic heterocycles. The average molecular weight is 409 g/mol. The first-order valence-corrected chi connectivity index (χ1v) is 9.64. The number of fused-ring (bicyclic) bond motifs is 2. The molecule has 1 spiro atoms. The van der Waals surface area contributed by atoms with Crippen molar-refractivity contribution in [2.45, 2.75) is 31.7 Å². The quantitative estimate of drug-likeness (QED) is 0.600. The highest BCUT2D eigenvalue weighted by molar-refractivity contribution is 6.11. The van der Waals surface area contributed by atoms with Crippen LogP contribution in [0.4, 0.5) is 14.9 Å². The highest BCUT2D eigenvalue weighted by Gasteiger charge is 2.54. The Bertz CT molecular complexity index is 1080. The molecular formula is C22H20FN3O4. The number of hydrogen-bond acceptors (Lipinski definition) is 4. The maximum Gasteiger partial charge on any atom is 0.325 e. The highest BCUT2D eigenvalue weighted by atomic mass is 19.1. The van der Waals surface area contributed by atoms with E-state index in [0.29, 0.717) is 6.42 Å². The molecule has 1 saturated heterocycles. The van der Waals surface area contributed by atoms with Crippen molar-refractivity contribution in [1.29, 1.82) is 0 Å². The predicted octanol–water partition coefficient (Wildman–Crippen LogP) is 2.75. The molecule has 0 radical (unpaired) electrons. The van der Waals surface area contributed by atoms with Crippen molar-refractivity contribution in [2.75, 3.05) is 11.9 Å². The third-order valence-electron chi connectivity index (χ3n) is 5.54. The summed E-state index contributed by atoms with van der Waals surface area (Å²) in [5, 5.41) is 5.20. The zero-order valence-corrected chi connectivity index (χ0v) is 16.3. The molecule has 7 nitrogen and oxygen atoms in total. The van der Waals surface area contributed by atoms with Crippen molar-refractivity contribution < 1.29 is 23.6 Å². The van der Waals surface area contributed by atoms with Crippen LogP contribution in [0.2, 0.25) is 0 Å². The minimum atomic E-state index is -1.18. The molecule has 4 amide bonds. The molecule has 0 saturated carbocycles. The first-order chi connectivity index (χ1) is 14.3. The van der Waals surface area contributed by atoms with E-state index >= 15 is 0 Å². The van der Waals surface area contributed by atoms with Crippen LogP contribution < -0.4 is 10.6 Å². The molecule has 2 aromatic carbocycles. The van der Waals surface area contributed by atoms with Crippen molar-refractivity contribution in [3.05, 3.63) is 65.0 Å². The summed E-state index contributed by atoms with van der Waals surface area (Å²) in [6.07, 6.45) is 1.98. The zero-order chi connectivity index (χ0) is 21.5.